The number of aryl methyl sites for hydroxylation is 3. The summed E-state index contributed by atoms with van der Waals surface area (Å²) in [6.45, 7) is 10.6. The molecule has 0 aliphatic carbocycles. The molecule has 0 saturated carbocycles. The lowest BCUT2D eigenvalue weighted by molar-refractivity contribution is 0.0931. The van der Waals surface area contributed by atoms with E-state index in [2.05, 4.69) is 57.3 Å². The maximum absolute atomic E-state index is 14.3. The zero-order valence-electron chi connectivity index (χ0n) is 59.5. The van der Waals surface area contributed by atoms with Crippen LogP contribution >= 0.6 is 0 Å². The van der Waals surface area contributed by atoms with E-state index in [1.54, 1.807) is 153 Å². The van der Waals surface area contributed by atoms with Crippen molar-refractivity contribution in [3.63, 3.8) is 0 Å². The molecule has 0 aliphatic rings. The van der Waals surface area contributed by atoms with Crippen molar-refractivity contribution in [2.24, 2.45) is 0 Å². The van der Waals surface area contributed by atoms with Gasteiger partial charge in [-0.15, -0.1) is 0 Å². The van der Waals surface area contributed by atoms with Crippen LogP contribution in [0.25, 0.3) is 77.4 Å². The molecule has 25 heteroatoms. The highest BCUT2D eigenvalue weighted by molar-refractivity contribution is 6.03. The van der Waals surface area contributed by atoms with Crippen molar-refractivity contribution in [3.8, 4) is 40.1 Å². The largest absolute Gasteiger partial charge is 0.481 e. The summed E-state index contributed by atoms with van der Waals surface area (Å²) >= 11 is 0. The number of ether oxygens (including phenoxy) is 1. The third-order valence-corrected chi connectivity index (χ3v) is 18.7. The van der Waals surface area contributed by atoms with Gasteiger partial charge in [0, 0.05) is 89.2 Å². The van der Waals surface area contributed by atoms with Crippen LogP contribution in [-0.4, -0.2) is 92.4 Å². The Kier molecular flexibility index (Phi) is 19.7. The summed E-state index contributed by atoms with van der Waals surface area (Å²) in [5.74, 6) is -0.482. The van der Waals surface area contributed by atoms with Gasteiger partial charge in [-0.3, -0.25) is 42.5 Å². The predicted molar refractivity (Wildman–Crippen MR) is 410 cm³/mol. The molecule has 0 unspecified atom stereocenters. The summed E-state index contributed by atoms with van der Waals surface area (Å²) in [6, 6.07) is 59.3. The molecule has 108 heavy (non-hydrogen) atoms. The van der Waals surface area contributed by atoms with Crippen LogP contribution in [0, 0.1) is 32.1 Å². The van der Waals surface area contributed by atoms with E-state index < -0.39 is 18.1 Å². The van der Waals surface area contributed by atoms with Gasteiger partial charge in [-0.25, -0.2) is 33.5 Å². The van der Waals surface area contributed by atoms with Crippen molar-refractivity contribution < 1.29 is 24.2 Å². The standard InChI is InChI=1S/C31H26N6O3.C26H20N6O2.C26H23N5O3/c1-19(34-30(38)27-20(2)35-36-16-8-15-32-29(27)36)25-17-21-9-7-12-24(22-13-14-26(40-3)33-18-22)28(21)31(39)37(25)23-10-5-4-6-11-23;1-16(29-25(33)22-17(2)30-31-13-7-12-28-24(22)31)21-14-18-8-6-9-19(15-27)23(18)26(34)32(21)20-10-4-3-5-11-20;1-16(28-25(33)22-17(2)29-30-13-7-12-27-24(22)30)21-14-18-8-6-9-19(15-32)23(18)26(34)31(21)20-10-4-3-5-11-20/h4-19H,1-3H3,(H,34,38);3-14,16H,1-2H3,(H,29,33);3-14,16,32H,15H2,1-2H3,(H,28,33)/t19-;2*16-/m000/s1. The molecule has 0 radical (unpaired) electrons. The minimum atomic E-state index is -0.534. The first kappa shape index (κ1) is 70.6. The van der Waals surface area contributed by atoms with E-state index in [9.17, 15) is 39.1 Å². The highest BCUT2D eigenvalue weighted by Gasteiger charge is 2.28. The molecule has 25 nitrogen and oxygen atoms in total. The number of nitrogens with one attached hydrogen (secondary N) is 3. The number of methoxy groups -OCH3 is 1. The molecular weight excluding hydrogens is 1360 g/mol. The molecule has 16 rings (SSSR count). The molecule has 16 aromatic rings. The molecule has 0 aliphatic heterocycles. The number of pyridine rings is 4. The fourth-order valence-corrected chi connectivity index (χ4v) is 13.6. The van der Waals surface area contributed by atoms with Gasteiger partial charge >= 0.3 is 0 Å². The lowest BCUT2D eigenvalue weighted by atomic mass is 9.98. The predicted octanol–water partition coefficient (Wildman–Crippen LogP) is 11.9. The SMILES string of the molecule is COc1ccc(-c2cccc3cc([C@H](C)NC(=O)c4c(C)nn5cccnc45)n(-c4ccccc4)c(=O)c23)cn1.Cc1nn2cccnc2c1C(=O)N[C@@H](C)c1cc2cccc(C#N)c2c(=O)n1-c1ccccc1.Cc1nn2cccnc2c1C(=O)N[C@@H](C)c1cc2cccc(CO)c2c(=O)n1-c1ccccc1. The summed E-state index contributed by atoms with van der Waals surface area (Å²) in [5, 5.41) is 45.1. The average Bonchev–Trinajstić information content (AvgIpc) is 1.14. The second-order valence-electron chi connectivity index (χ2n) is 25.5. The summed E-state index contributed by atoms with van der Waals surface area (Å²) in [6.07, 6.45) is 11.8. The minimum Gasteiger partial charge on any atom is -0.481 e. The van der Waals surface area contributed by atoms with Crippen LogP contribution < -0.4 is 37.4 Å². The third-order valence-electron chi connectivity index (χ3n) is 18.7. The van der Waals surface area contributed by atoms with E-state index in [-0.39, 0.29) is 41.0 Å². The maximum atomic E-state index is 14.3. The number of amides is 3. The summed E-state index contributed by atoms with van der Waals surface area (Å²) in [7, 11) is 1.56. The summed E-state index contributed by atoms with van der Waals surface area (Å²) in [5.41, 5.74) is 9.81. The van der Waals surface area contributed by atoms with Gasteiger partial charge < -0.3 is 25.8 Å². The topological polar surface area (TPSA) is 310 Å². The lowest BCUT2D eigenvalue weighted by Gasteiger charge is -2.21. The van der Waals surface area contributed by atoms with E-state index in [1.807, 2.05) is 160 Å². The van der Waals surface area contributed by atoms with Crippen molar-refractivity contribution in [2.75, 3.05) is 7.11 Å². The van der Waals surface area contributed by atoms with Gasteiger partial charge in [0.25, 0.3) is 34.4 Å². The number of fused-ring (bicyclic) bond motifs is 6. The lowest BCUT2D eigenvalue weighted by Crippen LogP contribution is -2.32. The summed E-state index contributed by atoms with van der Waals surface area (Å²) < 4.78 is 14.7. The number of hydrogen-bond donors (Lipinski definition) is 4. The number of aromatic nitrogens is 13. The van der Waals surface area contributed by atoms with E-state index in [0.29, 0.717) is 129 Å². The van der Waals surface area contributed by atoms with E-state index >= 15 is 0 Å². The van der Waals surface area contributed by atoms with Gasteiger partial charge in [0.1, 0.15) is 16.7 Å². The van der Waals surface area contributed by atoms with Crippen LogP contribution in [0.15, 0.2) is 252 Å². The number of carbonyl (C=O) groups excluding carboxylic acids is 3. The molecule has 3 atom stereocenters. The van der Waals surface area contributed by atoms with Crippen molar-refractivity contribution in [1.82, 2.24) is 78.4 Å². The molecule has 6 aromatic carbocycles. The van der Waals surface area contributed by atoms with Gasteiger partial charge in [0.2, 0.25) is 5.88 Å². The van der Waals surface area contributed by atoms with E-state index in [1.165, 1.54) is 0 Å². The highest BCUT2D eigenvalue weighted by atomic mass is 16.5. The van der Waals surface area contributed by atoms with Crippen molar-refractivity contribution >= 4 is 67.0 Å². The van der Waals surface area contributed by atoms with Crippen molar-refractivity contribution in [1.29, 1.82) is 5.26 Å². The van der Waals surface area contributed by atoms with Crippen LogP contribution in [0.5, 0.6) is 5.88 Å². The van der Waals surface area contributed by atoms with Crippen LogP contribution in [-0.2, 0) is 6.61 Å². The second kappa shape index (κ2) is 30.1. The first-order valence-electron chi connectivity index (χ1n) is 34.5. The molecule has 0 bridgehead atoms. The first-order chi connectivity index (χ1) is 52.4. The van der Waals surface area contributed by atoms with Crippen molar-refractivity contribution in [3.05, 3.63) is 331 Å². The number of nitrogens with zero attached hydrogens (tertiary/aromatic N) is 14. The molecule has 0 saturated heterocycles. The Labute approximate surface area is 615 Å². The number of rotatable bonds is 15. The minimum absolute atomic E-state index is 0.194. The number of carbonyl (C=O) groups is 3. The van der Waals surface area contributed by atoms with Gasteiger partial charge in [0.15, 0.2) is 16.9 Å². The number of para-hydroxylation sites is 3. The van der Waals surface area contributed by atoms with E-state index in [4.69, 9.17) is 4.74 Å². The smallest absolute Gasteiger partial charge is 0.264 e. The Morgan fingerprint density at radius 2 is 0.843 bits per heavy atom. The maximum Gasteiger partial charge on any atom is 0.264 e. The average molecular weight is 1430 g/mol. The van der Waals surface area contributed by atoms with Gasteiger partial charge in [-0.05, 0) is 154 Å². The Bertz CT molecular complexity index is 6400. The number of aliphatic hydroxyl groups excluding tert-OH is 1. The monoisotopic (exact) mass is 1430 g/mol. The molecule has 4 N–H and O–H groups in total. The number of nitriles is 1. The fraction of sp³-hybridized carbons (Fsp3) is 0.133. The molecule has 10 heterocycles. The fourth-order valence-electron chi connectivity index (χ4n) is 13.6. The Morgan fingerprint density at radius 1 is 0.463 bits per heavy atom. The third kappa shape index (κ3) is 13.4. The second-order valence-corrected chi connectivity index (χ2v) is 25.5. The van der Waals surface area contributed by atoms with Crippen molar-refractivity contribution in [2.45, 2.75) is 66.3 Å². The Morgan fingerprint density at radius 3 is 1.23 bits per heavy atom. The quantitative estimate of drug-likeness (QED) is 0.0741. The summed E-state index contributed by atoms with van der Waals surface area (Å²) in [4.78, 5) is 99.0. The number of aliphatic hydroxyl groups is 1. The molecule has 0 spiro atoms. The Hall–Kier alpha value is -14.4. The van der Waals surface area contributed by atoms with Crippen LogP contribution in [0.4, 0.5) is 0 Å². The molecule has 10 aromatic heterocycles. The van der Waals surface area contributed by atoms with Gasteiger partial charge in [0.05, 0.1) is 76.7 Å². The Balaban J connectivity index is 0.000000136. The zero-order chi connectivity index (χ0) is 75.4. The zero-order valence-corrected chi connectivity index (χ0v) is 59.5. The van der Waals surface area contributed by atoms with Gasteiger partial charge in [-0.2, -0.15) is 20.6 Å². The normalized spacial score (nSPS) is 12.0. The van der Waals surface area contributed by atoms with Crippen LogP contribution in [0.1, 0.15) is 115 Å². The number of benzene rings is 6. The van der Waals surface area contributed by atoms with Gasteiger partial charge in [-0.1, -0.05) is 103 Å². The molecule has 0 fully saturated rings. The highest BCUT2D eigenvalue weighted by Crippen LogP contribution is 2.32. The molecule has 534 valence electrons. The molecular formula is C83H69N17O8. The number of hydrogen-bond acceptors (Lipinski definition) is 16. The van der Waals surface area contributed by atoms with Crippen LogP contribution in [0.3, 0.4) is 0 Å². The molecule has 3 amide bonds. The van der Waals surface area contributed by atoms with E-state index in [0.717, 1.165) is 16.5 Å². The van der Waals surface area contributed by atoms with Crippen LogP contribution in [0.2, 0.25) is 0 Å². The first-order valence-corrected chi connectivity index (χ1v) is 34.5.